The molecule has 1 fully saturated rings. The first kappa shape index (κ1) is 14.0. The van der Waals surface area contributed by atoms with Gasteiger partial charge in [0, 0.05) is 39.9 Å². The van der Waals surface area contributed by atoms with Crippen molar-refractivity contribution in [2.45, 2.75) is 6.04 Å². The molecule has 2 aromatic heterocycles. The molecule has 7 nitrogen and oxygen atoms in total. The van der Waals surface area contributed by atoms with Crippen LogP contribution in [0.15, 0.2) is 22.9 Å². The normalized spacial score (nSPS) is 19.7. The SMILES string of the molecule is CN(C)c1ccc(-c2nc(C3CNCCN3C)no2)cn1. The molecule has 1 aliphatic rings. The molecule has 7 heteroatoms. The fourth-order valence-electron chi connectivity index (χ4n) is 2.36. The van der Waals surface area contributed by atoms with E-state index in [4.69, 9.17) is 4.52 Å². The summed E-state index contributed by atoms with van der Waals surface area (Å²) < 4.78 is 5.38. The number of hydrogen-bond acceptors (Lipinski definition) is 7. The number of piperazine rings is 1. The van der Waals surface area contributed by atoms with Gasteiger partial charge in [-0.15, -0.1) is 0 Å². The molecule has 0 saturated carbocycles. The third kappa shape index (κ3) is 2.88. The van der Waals surface area contributed by atoms with Gasteiger partial charge in [-0.3, -0.25) is 4.90 Å². The zero-order valence-corrected chi connectivity index (χ0v) is 12.6. The van der Waals surface area contributed by atoms with Gasteiger partial charge in [-0.1, -0.05) is 5.16 Å². The van der Waals surface area contributed by atoms with Gasteiger partial charge in [-0.05, 0) is 19.2 Å². The third-order valence-corrected chi connectivity index (χ3v) is 3.70. The maximum Gasteiger partial charge on any atom is 0.259 e. The standard InChI is InChI=1S/C14H20N6O/c1-19(2)12-5-4-10(8-16-12)14-17-13(18-21-14)11-9-15-6-7-20(11)3/h4-5,8,11,15H,6-7,9H2,1-3H3. The molecule has 0 amide bonds. The Morgan fingerprint density at radius 1 is 1.38 bits per heavy atom. The number of pyridine rings is 1. The molecule has 3 rings (SSSR count). The summed E-state index contributed by atoms with van der Waals surface area (Å²) in [5.41, 5.74) is 0.839. The molecular formula is C14H20N6O. The van der Waals surface area contributed by atoms with Crippen LogP contribution in [0.1, 0.15) is 11.9 Å². The highest BCUT2D eigenvalue weighted by Gasteiger charge is 2.25. The molecule has 112 valence electrons. The average molecular weight is 288 g/mol. The predicted molar refractivity (Wildman–Crippen MR) is 80.1 cm³/mol. The van der Waals surface area contributed by atoms with Crippen LogP contribution in [-0.4, -0.2) is 60.8 Å². The van der Waals surface area contributed by atoms with Crippen molar-refractivity contribution in [1.82, 2.24) is 25.3 Å². The Morgan fingerprint density at radius 2 is 2.24 bits per heavy atom. The Kier molecular flexibility index (Phi) is 3.85. The van der Waals surface area contributed by atoms with Gasteiger partial charge in [0.1, 0.15) is 5.82 Å². The second-order valence-corrected chi connectivity index (χ2v) is 5.46. The second kappa shape index (κ2) is 5.79. The average Bonchev–Trinajstić information content (AvgIpc) is 2.97. The predicted octanol–water partition coefficient (Wildman–Crippen LogP) is 0.774. The minimum absolute atomic E-state index is 0.158. The van der Waals surface area contributed by atoms with Crippen molar-refractivity contribution >= 4 is 5.82 Å². The fourth-order valence-corrected chi connectivity index (χ4v) is 2.36. The monoisotopic (exact) mass is 288 g/mol. The highest BCUT2D eigenvalue weighted by atomic mass is 16.5. The highest BCUT2D eigenvalue weighted by molar-refractivity contribution is 5.54. The van der Waals surface area contributed by atoms with Crippen LogP contribution >= 0.6 is 0 Å². The largest absolute Gasteiger partial charge is 0.363 e. The molecule has 0 aromatic carbocycles. The van der Waals surface area contributed by atoms with E-state index < -0.39 is 0 Å². The van der Waals surface area contributed by atoms with Crippen molar-refractivity contribution < 1.29 is 4.52 Å². The Morgan fingerprint density at radius 3 is 2.90 bits per heavy atom. The van der Waals surface area contributed by atoms with Crippen LogP contribution in [0.3, 0.4) is 0 Å². The quantitative estimate of drug-likeness (QED) is 0.894. The van der Waals surface area contributed by atoms with E-state index in [0.29, 0.717) is 5.89 Å². The topological polar surface area (TPSA) is 70.3 Å². The van der Waals surface area contributed by atoms with Crippen LogP contribution < -0.4 is 10.2 Å². The molecule has 0 aliphatic carbocycles. The molecule has 0 radical (unpaired) electrons. The minimum atomic E-state index is 0.158. The number of likely N-dealkylation sites (N-methyl/N-ethyl adjacent to an activating group) is 1. The lowest BCUT2D eigenvalue weighted by Gasteiger charge is -2.30. The van der Waals surface area contributed by atoms with E-state index >= 15 is 0 Å². The van der Waals surface area contributed by atoms with E-state index in [1.54, 1.807) is 6.20 Å². The second-order valence-electron chi connectivity index (χ2n) is 5.46. The van der Waals surface area contributed by atoms with E-state index in [1.807, 2.05) is 31.1 Å². The van der Waals surface area contributed by atoms with Gasteiger partial charge < -0.3 is 14.7 Å². The summed E-state index contributed by atoms with van der Waals surface area (Å²) in [5.74, 6) is 2.13. The zero-order chi connectivity index (χ0) is 14.8. The first-order valence-electron chi connectivity index (χ1n) is 7.03. The third-order valence-electron chi connectivity index (χ3n) is 3.70. The molecule has 1 N–H and O–H groups in total. The van der Waals surface area contributed by atoms with E-state index in [1.165, 1.54) is 0 Å². The number of nitrogens with one attached hydrogen (secondary N) is 1. The van der Waals surface area contributed by atoms with E-state index in [2.05, 4.69) is 32.4 Å². The van der Waals surface area contributed by atoms with Gasteiger partial charge >= 0.3 is 0 Å². The van der Waals surface area contributed by atoms with Crippen molar-refractivity contribution in [3.05, 3.63) is 24.2 Å². The van der Waals surface area contributed by atoms with Gasteiger partial charge in [-0.25, -0.2) is 4.98 Å². The Bertz CT molecular complexity index is 594. The maximum absolute atomic E-state index is 5.38. The van der Waals surface area contributed by atoms with Crippen molar-refractivity contribution in [3.8, 4) is 11.5 Å². The molecule has 0 bridgehead atoms. The van der Waals surface area contributed by atoms with Gasteiger partial charge in [0.15, 0.2) is 5.82 Å². The summed E-state index contributed by atoms with van der Waals surface area (Å²) in [5, 5.41) is 7.47. The summed E-state index contributed by atoms with van der Waals surface area (Å²) >= 11 is 0. The summed E-state index contributed by atoms with van der Waals surface area (Å²) in [6.45, 7) is 2.81. The summed E-state index contributed by atoms with van der Waals surface area (Å²) in [6.07, 6.45) is 1.76. The van der Waals surface area contributed by atoms with Gasteiger partial charge in [-0.2, -0.15) is 4.98 Å². The van der Waals surface area contributed by atoms with Crippen LogP contribution in [0.4, 0.5) is 5.82 Å². The summed E-state index contributed by atoms with van der Waals surface area (Å²) in [4.78, 5) is 13.1. The Labute approximate surface area is 124 Å². The van der Waals surface area contributed by atoms with E-state index in [0.717, 1.165) is 36.8 Å². The molecule has 1 aliphatic heterocycles. The molecular weight excluding hydrogens is 268 g/mol. The molecule has 21 heavy (non-hydrogen) atoms. The Hall–Kier alpha value is -1.99. The number of hydrogen-bond donors (Lipinski definition) is 1. The number of rotatable bonds is 3. The molecule has 1 unspecified atom stereocenters. The van der Waals surface area contributed by atoms with Gasteiger partial charge in [0.05, 0.1) is 11.6 Å². The minimum Gasteiger partial charge on any atom is -0.363 e. The van der Waals surface area contributed by atoms with Crippen LogP contribution in [0.25, 0.3) is 11.5 Å². The van der Waals surface area contributed by atoms with Gasteiger partial charge in [0.25, 0.3) is 5.89 Å². The zero-order valence-electron chi connectivity index (χ0n) is 12.6. The smallest absolute Gasteiger partial charge is 0.259 e. The number of nitrogens with zero attached hydrogens (tertiary/aromatic N) is 5. The molecule has 3 heterocycles. The van der Waals surface area contributed by atoms with E-state index in [-0.39, 0.29) is 6.04 Å². The molecule has 1 atom stereocenters. The van der Waals surface area contributed by atoms with Crippen molar-refractivity contribution in [3.63, 3.8) is 0 Å². The van der Waals surface area contributed by atoms with Crippen molar-refractivity contribution in [2.75, 3.05) is 45.7 Å². The summed E-state index contributed by atoms with van der Waals surface area (Å²) in [6, 6.07) is 4.04. The number of aromatic nitrogens is 3. The first-order valence-corrected chi connectivity index (χ1v) is 7.03. The van der Waals surface area contributed by atoms with Crippen LogP contribution in [0, 0.1) is 0 Å². The first-order chi connectivity index (χ1) is 10.1. The van der Waals surface area contributed by atoms with Crippen LogP contribution in [0.2, 0.25) is 0 Å². The van der Waals surface area contributed by atoms with Gasteiger partial charge in [0.2, 0.25) is 0 Å². The lowest BCUT2D eigenvalue weighted by Crippen LogP contribution is -2.44. The maximum atomic E-state index is 5.38. The lowest BCUT2D eigenvalue weighted by atomic mass is 10.2. The van der Waals surface area contributed by atoms with Crippen molar-refractivity contribution in [2.24, 2.45) is 0 Å². The van der Waals surface area contributed by atoms with E-state index in [9.17, 15) is 0 Å². The van der Waals surface area contributed by atoms with Crippen LogP contribution in [-0.2, 0) is 0 Å². The van der Waals surface area contributed by atoms with Crippen molar-refractivity contribution in [1.29, 1.82) is 0 Å². The fraction of sp³-hybridized carbons (Fsp3) is 0.500. The summed E-state index contributed by atoms with van der Waals surface area (Å²) in [7, 11) is 5.99. The van der Waals surface area contributed by atoms with Crippen LogP contribution in [0.5, 0.6) is 0 Å². The molecule has 1 saturated heterocycles. The molecule has 0 spiro atoms. The molecule has 2 aromatic rings. The Balaban J connectivity index is 1.81. The lowest BCUT2D eigenvalue weighted by molar-refractivity contribution is 0.190. The number of anilines is 1. The highest BCUT2D eigenvalue weighted by Crippen LogP contribution is 2.23.